The molecule has 0 radical (unpaired) electrons. The van der Waals surface area contributed by atoms with Crippen molar-refractivity contribution in [3.8, 4) is 28.8 Å². The lowest BCUT2D eigenvalue weighted by Gasteiger charge is -2.20. The maximum Gasteiger partial charge on any atom is 0.219 e. The number of nitrogens with zero attached hydrogens (tertiary/aromatic N) is 3. The molecule has 0 unspecified atom stereocenters. The van der Waals surface area contributed by atoms with Gasteiger partial charge in [0.25, 0.3) is 0 Å². The maximum atomic E-state index is 5.62. The molecule has 3 heterocycles. The Morgan fingerprint density at radius 2 is 2.24 bits per heavy atom. The van der Waals surface area contributed by atoms with Gasteiger partial charge in [-0.2, -0.15) is 9.78 Å². The second-order valence-electron chi connectivity index (χ2n) is 5.13. The molecule has 4 rings (SSSR count). The van der Waals surface area contributed by atoms with Gasteiger partial charge in [0.1, 0.15) is 13.2 Å². The summed E-state index contributed by atoms with van der Waals surface area (Å²) in [6.45, 7) is 0.986. The molecule has 1 aliphatic heterocycles. The zero-order chi connectivity index (χ0) is 17.2. The molecular formula is C16H14N4O4S. The molecule has 8 nitrogen and oxygen atoms in total. The number of aromatic nitrogens is 3. The third-order valence-electron chi connectivity index (χ3n) is 3.56. The van der Waals surface area contributed by atoms with Gasteiger partial charge in [-0.05, 0) is 36.5 Å². The second kappa shape index (κ2) is 6.44. The van der Waals surface area contributed by atoms with E-state index in [1.54, 1.807) is 31.7 Å². The van der Waals surface area contributed by atoms with Crippen LogP contribution in [0.1, 0.15) is 5.56 Å². The number of methoxy groups -OCH3 is 1. The highest BCUT2D eigenvalue weighted by atomic mass is 32.1. The molecule has 3 aromatic rings. The molecule has 0 spiro atoms. The smallest absolute Gasteiger partial charge is 0.219 e. The Balaban J connectivity index is 1.72. The molecule has 9 heteroatoms. The monoisotopic (exact) mass is 358 g/mol. The first-order valence-corrected chi connectivity index (χ1v) is 7.90. The Kier molecular flexibility index (Phi) is 3.98. The maximum absolute atomic E-state index is 5.62. The summed E-state index contributed by atoms with van der Waals surface area (Å²) in [6.07, 6.45) is 3.20. The van der Waals surface area contributed by atoms with Gasteiger partial charge in [0.15, 0.2) is 17.3 Å². The van der Waals surface area contributed by atoms with E-state index in [0.29, 0.717) is 46.8 Å². The van der Waals surface area contributed by atoms with Gasteiger partial charge in [-0.15, -0.1) is 5.10 Å². The van der Waals surface area contributed by atoms with Crippen molar-refractivity contribution < 1.29 is 18.6 Å². The number of furan rings is 1. The number of hydrogen-bond donors (Lipinski definition) is 1. The lowest BCUT2D eigenvalue weighted by atomic mass is 10.2. The van der Waals surface area contributed by atoms with Gasteiger partial charge in [0.05, 0.1) is 19.6 Å². The molecule has 0 saturated heterocycles. The van der Waals surface area contributed by atoms with Gasteiger partial charge in [-0.3, -0.25) is 0 Å². The van der Waals surface area contributed by atoms with E-state index < -0.39 is 0 Å². The van der Waals surface area contributed by atoms with Crippen LogP contribution in [0.15, 0.2) is 40.0 Å². The quantitative estimate of drug-likeness (QED) is 0.570. The standard InChI is InChI=1S/C16H14N4O4S/c1-21-12-7-10(8-13-14(12)24-6-5-23-13)9-17-20-15(18-19-16(20)25)11-3-2-4-22-11/h2-4,7-9H,5-6H2,1H3,(H,19,25)/b17-9-. The van der Waals surface area contributed by atoms with Crippen molar-refractivity contribution in [1.29, 1.82) is 0 Å². The fraction of sp³-hybridized carbons (Fsp3) is 0.188. The third-order valence-corrected chi connectivity index (χ3v) is 3.83. The van der Waals surface area contributed by atoms with E-state index in [1.165, 1.54) is 4.68 Å². The fourth-order valence-electron chi connectivity index (χ4n) is 2.46. The highest BCUT2D eigenvalue weighted by Gasteiger charge is 2.18. The summed E-state index contributed by atoms with van der Waals surface area (Å²) in [6, 6.07) is 7.20. The molecule has 0 saturated carbocycles. The lowest BCUT2D eigenvalue weighted by molar-refractivity contribution is 0.165. The highest BCUT2D eigenvalue weighted by Crippen LogP contribution is 2.40. The SMILES string of the molecule is COc1cc(/C=N\n2c(-c3ccco3)n[nH]c2=S)cc2c1OCCO2. The van der Waals surface area contributed by atoms with E-state index in [0.717, 1.165) is 5.56 Å². The van der Waals surface area contributed by atoms with Crippen molar-refractivity contribution in [3.63, 3.8) is 0 Å². The lowest BCUT2D eigenvalue weighted by Crippen LogP contribution is -2.16. The molecule has 1 aromatic carbocycles. The van der Waals surface area contributed by atoms with Crippen LogP contribution in [-0.2, 0) is 0 Å². The largest absolute Gasteiger partial charge is 0.493 e. The Bertz CT molecular complexity index is 957. The van der Waals surface area contributed by atoms with Gasteiger partial charge < -0.3 is 18.6 Å². The Labute approximate surface area is 147 Å². The molecule has 0 bridgehead atoms. The fourth-order valence-corrected chi connectivity index (χ4v) is 2.64. The molecule has 0 fully saturated rings. The van der Waals surface area contributed by atoms with Crippen LogP contribution in [0.2, 0.25) is 0 Å². The van der Waals surface area contributed by atoms with Gasteiger partial charge in [-0.25, -0.2) is 5.10 Å². The predicted octanol–water partition coefficient (Wildman–Crippen LogP) is 2.86. The zero-order valence-electron chi connectivity index (χ0n) is 13.3. The number of nitrogens with one attached hydrogen (secondary N) is 1. The van der Waals surface area contributed by atoms with Gasteiger partial charge >= 0.3 is 0 Å². The van der Waals surface area contributed by atoms with Crippen molar-refractivity contribution in [2.75, 3.05) is 20.3 Å². The summed E-state index contributed by atoms with van der Waals surface area (Å²) >= 11 is 5.23. The van der Waals surface area contributed by atoms with Crippen molar-refractivity contribution >= 4 is 18.4 Å². The normalized spacial score (nSPS) is 13.3. The molecule has 2 aromatic heterocycles. The first kappa shape index (κ1) is 15.5. The number of H-pyrrole nitrogens is 1. The first-order chi connectivity index (χ1) is 12.3. The van der Waals surface area contributed by atoms with E-state index in [4.69, 9.17) is 30.8 Å². The van der Waals surface area contributed by atoms with Crippen LogP contribution < -0.4 is 14.2 Å². The average Bonchev–Trinajstić information content (AvgIpc) is 3.29. The van der Waals surface area contributed by atoms with E-state index in [1.807, 2.05) is 12.1 Å². The molecule has 0 atom stereocenters. The van der Waals surface area contributed by atoms with Crippen LogP contribution >= 0.6 is 12.2 Å². The zero-order valence-corrected chi connectivity index (χ0v) is 14.1. The number of rotatable bonds is 4. The highest BCUT2D eigenvalue weighted by molar-refractivity contribution is 7.71. The molecule has 0 aliphatic carbocycles. The van der Waals surface area contributed by atoms with E-state index in [9.17, 15) is 0 Å². The number of fused-ring (bicyclic) bond motifs is 1. The van der Waals surface area contributed by atoms with E-state index >= 15 is 0 Å². The summed E-state index contributed by atoms with van der Waals surface area (Å²) in [7, 11) is 1.58. The summed E-state index contributed by atoms with van der Waals surface area (Å²) in [5.74, 6) is 2.84. The van der Waals surface area contributed by atoms with E-state index in [-0.39, 0.29) is 0 Å². The van der Waals surface area contributed by atoms with Crippen molar-refractivity contribution in [2.24, 2.45) is 5.10 Å². The van der Waals surface area contributed by atoms with Crippen molar-refractivity contribution in [3.05, 3.63) is 40.9 Å². The van der Waals surface area contributed by atoms with Crippen LogP contribution in [0.25, 0.3) is 11.6 Å². The summed E-state index contributed by atoms with van der Waals surface area (Å²) in [4.78, 5) is 0. The topological polar surface area (TPSA) is 86.8 Å². The molecule has 0 amide bonds. The van der Waals surface area contributed by atoms with Crippen LogP contribution in [0.3, 0.4) is 0 Å². The van der Waals surface area contributed by atoms with E-state index in [2.05, 4.69) is 15.3 Å². The number of ether oxygens (including phenoxy) is 3. The van der Waals surface area contributed by atoms with Gasteiger partial charge in [0, 0.05) is 5.56 Å². The van der Waals surface area contributed by atoms with Crippen LogP contribution in [0.5, 0.6) is 17.2 Å². The van der Waals surface area contributed by atoms with Gasteiger partial charge in [-0.1, -0.05) is 0 Å². The third kappa shape index (κ3) is 2.89. The summed E-state index contributed by atoms with van der Waals surface area (Å²) < 4.78 is 23.8. The molecule has 128 valence electrons. The number of benzene rings is 1. The minimum atomic E-state index is 0.354. The molecule has 1 aliphatic rings. The second-order valence-corrected chi connectivity index (χ2v) is 5.52. The molecule has 1 N–H and O–H groups in total. The summed E-state index contributed by atoms with van der Waals surface area (Å²) in [5.41, 5.74) is 0.773. The van der Waals surface area contributed by atoms with Crippen LogP contribution in [0.4, 0.5) is 0 Å². The summed E-state index contributed by atoms with van der Waals surface area (Å²) in [5, 5.41) is 11.2. The van der Waals surface area contributed by atoms with Gasteiger partial charge in [0.2, 0.25) is 16.3 Å². The Hall–Kier alpha value is -3.07. The molecule has 25 heavy (non-hydrogen) atoms. The van der Waals surface area contributed by atoms with Crippen molar-refractivity contribution in [2.45, 2.75) is 0 Å². The first-order valence-electron chi connectivity index (χ1n) is 7.49. The minimum Gasteiger partial charge on any atom is -0.493 e. The Morgan fingerprint density at radius 1 is 1.36 bits per heavy atom. The van der Waals surface area contributed by atoms with Crippen LogP contribution in [0, 0.1) is 4.77 Å². The van der Waals surface area contributed by atoms with Crippen LogP contribution in [-0.4, -0.2) is 41.4 Å². The van der Waals surface area contributed by atoms with Crippen molar-refractivity contribution in [1.82, 2.24) is 14.9 Å². The number of aromatic amines is 1. The number of hydrogen-bond acceptors (Lipinski definition) is 7. The minimum absolute atomic E-state index is 0.354. The average molecular weight is 358 g/mol. The Morgan fingerprint density at radius 3 is 3.04 bits per heavy atom. The molecular weight excluding hydrogens is 344 g/mol. The predicted molar refractivity (Wildman–Crippen MR) is 92.1 cm³/mol.